The first-order valence-corrected chi connectivity index (χ1v) is 8.60. The molecular formula is C18H22ClN5. The zero-order chi connectivity index (χ0) is 16.9. The second kappa shape index (κ2) is 7.62. The maximum absolute atomic E-state index is 5.91. The summed E-state index contributed by atoms with van der Waals surface area (Å²) in [6.45, 7) is 4.75. The van der Waals surface area contributed by atoms with Crippen molar-refractivity contribution in [2.24, 2.45) is 10.9 Å². The van der Waals surface area contributed by atoms with Gasteiger partial charge < -0.3 is 4.90 Å². The fraction of sp³-hybridized carbons (Fsp3) is 0.389. The van der Waals surface area contributed by atoms with Gasteiger partial charge in [0.15, 0.2) is 0 Å². The summed E-state index contributed by atoms with van der Waals surface area (Å²) in [6, 6.07) is 7.51. The first-order chi connectivity index (χ1) is 11.6. The van der Waals surface area contributed by atoms with Gasteiger partial charge in [-0.1, -0.05) is 36.2 Å². The minimum atomic E-state index is 0.556. The van der Waals surface area contributed by atoms with Crippen LogP contribution < -0.4 is 0 Å². The molecule has 0 N–H and O–H groups in total. The fourth-order valence-corrected chi connectivity index (χ4v) is 3.05. The number of benzene rings is 1. The van der Waals surface area contributed by atoms with E-state index in [0.29, 0.717) is 17.5 Å². The molecule has 6 heteroatoms. The van der Waals surface area contributed by atoms with Crippen LogP contribution in [0.2, 0.25) is 5.02 Å². The summed E-state index contributed by atoms with van der Waals surface area (Å²) in [5.41, 5.74) is 2.80. The molecule has 1 saturated carbocycles. The number of halogens is 1. The van der Waals surface area contributed by atoms with E-state index in [1.807, 2.05) is 48.7 Å². The molecule has 0 bridgehead atoms. The predicted molar refractivity (Wildman–Crippen MR) is 97.4 cm³/mol. The molecule has 0 amide bonds. The summed E-state index contributed by atoms with van der Waals surface area (Å²) in [4.78, 5) is 6.51. The van der Waals surface area contributed by atoms with Crippen molar-refractivity contribution in [1.82, 2.24) is 19.9 Å². The summed E-state index contributed by atoms with van der Waals surface area (Å²) in [5.74, 6) is 0.556. The SMILES string of the molecule is C=C(/N=C\N(C)Cc1cn(-c2ccc(Cl)cc2)nn1)C1CCCC1. The molecule has 0 radical (unpaired) electrons. The summed E-state index contributed by atoms with van der Waals surface area (Å²) in [6.07, 6.45) is 8.78. The summed E-state index contributed by atoms with van der Waals surface area (Å²) in [5, 5.41) is 9.08. The third kappa shape index (κ3) is 4.23. The van der Waals surface area contributed by atoms with Crippen LogP contribution in [0.1, 0.15) is 31.4 Å². The van der Waals surface area contributed by atoms with Gasteiger partial charge in [-0.05, 0) is 37.1 Å². The van der Waals surface area contributed by atoms with E-state index in [4.69, 9.17) is 11.6 Å². The van der Waals surface area contributed by atoms with Crippen molar-refractivity contribution in [1.29, 1.82) is 0 Å². The average molecular weight is 344 g/mol. The zero-order valence-corrected chi connectivity index (χ0v) is 14.7. The lowest BCUT2D eigenvalue weighted by Crippen LogP contribution is -2.16. The van der Waals surface area contributed by atoms with Gasteiger partial charge in [0.1, 0.15) is 5.69 Å². The van der Waals surface area contributed by atoms with Crippen LogP contribution in [0.3, 0.4) is 0 Å². The van der Waals surface area contributed by atoms with E-state index in [9.17, 15) is 0 Å². The molecule has 2 aromatic rings. The topological polar surface area (TPSA) is 46.3 Å². The molecule has 1 aliphatic carbocycles. The molecule has 0 atom stereocenters. The highest BCUT2D eigenvalue weighted by Crippen LogP contribution is 2.30. The number of aliphatic imine (C=N–C) groups is 1. The first-order valence-electron chi connectivity index (χ1n) is 8.22. The average Bonchev–Trinajstić information content (AvgIpc) is 3.25. The molecular weight excluding hydrogens is 322 g/mol. The van der Waals surface area contributed by atoms with Crippen molar-refractivity contribution in [2.75, 3.05) is 7.05 Å². The first kappa shape index (κ1) is 16.7. The van der Waals surface area contributed by atoms with E-state index in [0.717, 1.165) is 17.1 Å². The Balaban J connectivity index is 1.57. The molecule has 1 aliphatic rings. The van der Waals surface area contributed by atoms with Crippen LogP contribution >= 0.6 is 11.6 Å². The smallest absolute Gasteiger partial charge is 0.102 e. The molecule has 0 saturated heterocycles. The lowest BCUT2D eigenvalue weighted by Gasteiger charge is -2.12. The normalized spacial score (nSPS) is 15.2. The largest absolute Gasteiger partial charge is 0.360 e. The number of hydrogen-bond donors (Lipinski definition) is 0. The Morgan fingerprint density at radius 2 is 2.08 bits per heavy atom. The number of hydrogen-bond acceptors (Lipinski definition) is 3. The molecule has 0 aliphatic heterocycles. The van der Waals surface area contributed by atoms with Crippen LogP contribution in [0.15, 0.2) is 47.7 Å². The highest BCUT2D eigenvalue weighted by Gasteiger charge is 2.17. The number of rotatable bonds is 6. The van der Waals surface area contributed by atoms with Crippen molar-refractivity contribution in [3.05, 3.63) is 53.5 Å². The predicted octanol–water partition coefficient (Wildman–Crippen LogP) is 4.08. The van der Waals surface area contributed by atoms with Crippen molar-refractivity contribution >= 4 is 17.9 Å². The van der Waals surface area contributed by atoms with Gasteiger partial charge in [0, 0.05) is 23.7 Å². The Morgan fingerprint density at radius 3 is 2.79 bits per heavy atom. The summed E-state index contributed by atoms with van der Waals surface area (Å²) < 4.78 is 1.74. The number of nitrogens with zero attached hydrogens (tertiary/aromatic N) is 5. The molecule has 1 aromatic carbocycles. The standard InChI is InChI=1S/C18H22ClN5/c1-14(15-5-3-4-6-15)20-13-23(2)11-17-12-24(22-21-17)18-9-7-16(19)8-10-18/h7-10,12-13,15H,1,3-6,11H2,2H3/b20-13-. The van der Waals surface area contributed by atoms with Gasteiger partial charge in [0.25, 0.3) is 0 Å². The highest BCUT2D eigenvalue weighted by molar-refractivity contribution is 6.30. The van der Waals surface area contributed by atoms with Gasteiger partial charge in [0.05, 0.1) is 24.8 Å². The Labute approximate surface area is 147 Å². The van der Waals surface area contributed by atoms with E-state index < -0.39 is 0 Å². The van der Waals surface area contributed by atoms with E-state index in [1.54, 1.807) is 4.68 Å². The Kier molecular flexibility index (Phi) is 5.30. The summed E-state index contributed by atoms with van der Waals surface area (Å²) in [7, 11) is 1.98. The van der Waals surface area contributed by atoms with E-state index in [-0.39, 0.29) is 0 Å². The van der Waals surface area contributed by atoms with Gasteiger partial charge in [-0.25, -0.2) is 9.67 Å². The Morgan fingerprint density at radius 1 is 1.38 bits per heavy atom. The molecule has 1 aromatic heterocycles. The van der Waals surface area contributed by atoms with Crippen molar-refractivity contribution in [3.8, 4) is 5.69 Å². The fourth-order valence-electron chi connectivity index (χ4n) is 2.92. The molecule has 5 nitrogen and oxygen atoms in total. The Bertz CT molecular complexity index is 713. The van der Waals surface area contributed by atoms with Gasteiger partial charge in [-0.15, -0.1) is 5.10 Å². The number of allylic oxidation sites excluding steroid dienone is 1. The quantitative estimate of drug-likeness (QED) is 0.586. The van der Waals surface area contributed by atoms with Crippen molar-refractivity contribution < 1.29 is 0 Å². The maximum Gasteiger partial charge on any atom is 0.102 e. The second-order valence-electron chi connectivity index (χ2n) is 6.26. The van der Waals surface area contributed by atoms with Crippen LogP contribution in [-0.2, 0) is 6.54 Å². The van der Waals surface area contributed by atoms with E-state index in [1.165, 1.54) is 25.7 Å². The lowest BCUT2D eigenvalue weighted by atomic mass is 10.1. The van der Waals surface area contributed by atoms with E-state index in [2.05, 4.69) is 21.9 Å². The third-order valence-corrected chi connectivity index (χ3v) is 4.54. The summed E-state index contributed by atoms with van der Waals surface area (Å²) >= 11 is 5.91. The molecule has 1 heterocycles. The molecule has 0 spiro atoms. The van der Waals surface area contributed by atoms with Crippen LogP contribution in [0.25, 0.3) is 5.69 Å². The second-order valence-corrected chi connectivity index (χ2v) is 6.70. The van der Waals surface area contributed by atoms with Crippen molar-refractivity contribution in [3.63, 3.8) is 0 Å². The molecule has 3 rings (SSSR count). The van der Waals surface area contributed by atoms with Crippen LogP contribution in [-0.4, -0.2) is 33.3 Å². The molecule has 0 unspecified atom stereocenters. The Hall–Kier alpha value is -2.14. The monoisotopic (exact) mass is 343 g/mol. The van der Waals surface area contributed by atoms with Crippen LogP contribution in [0, 0.1) is 5.92 Å². The van der Waals surface area contributed by atoms with Gasteiger partial charge in [-0.2, -0.15) is 0 Å². The van der Waals surface area contributed by atoms with Crippen LogP contribution in [0.4, 0.5) is 0 Å². The minimum Gasteiger partial charge on any atom is -0.360 e. The van der Waals surface area contributed by atoms with E-state index >= 15 is 0 Å². The van der Waals surface area contributed by atoms with Gasteiger partial charge in [0.2, 0.25) is 0 Å². The molecule has 1 fully saturated rings. The van der Waals surface area contributed by atoms with Crippen LogP contribution in [0.5, 0.6) is 0 Å². The van der Waals surface area contributed by atoms with Crippen molar-refractivity contribution in [2.45, 2.75) is 32.2 Å². The molecule has 24 heavy (non-hydrogen) atoms. The third-order valence-electron chi connectivity index (χ3n) is 4.29. The number of aromatic nitrogens is 3. The lowest BCUT2D eigenvalue weighted by molar-refractivity contribution is 0.504. The molecule has 126 valence electrons. The van der Waals surface area contributed by atoms with Gasteiger partial charge >= 0.3 is 0 Å². The highest BCUT2D eigenvalue weighted by atomic mass is 35.5. The maximum atomic E-state index is 5.91. The van der Waals surface area contributed by atoms with Gasteiger partial charge in [-0.3, -0.25) is 0 Å². The minimum absolute atomic E-state index is 0.556. The zero-order valence-electron chi connectivity index (χ0n) is 13.9.